The fourth-order valence-electron chi connectivity index (χ4n) is 2.60. The van der Waals surface area contributed by atoms with Crippen LogP contribution in [0.2, 0.25) is 0 Å². The van der Waals surface area contributed by atoms with Crippen molar-refractivity contribution >= 4 is 27.5 Å². The van der Waals surface area contributed by atoms with Gasteiger partial charge in [-0.15, -0.1) is 0 Å². The number of fused-ring (bicyclic) bond motifs is 1. The van der Waals surface area contributed by atoms with Gasteiger partial charge in [0.15, 0.2) is 4.80 Å². The molecule has 2 aromatic carbocycles. The van der Waals surface area contributed by atoms with E-state index in [-0.39, 0.29) is 5.91 Å². The van der Waals surface area contributed by atoms with E-state index in [4.69, 9.17) is 4.74 Å². The summed E-state index contributed by atoms with van der Waals surface area (Å²) < 4.78 is 8.35. The molecule has 1 aromatic heterocycles. The molecule has 0 radical (unpaired) electrons. The number of ether oxygens (including phenoxy) is 1. The summed E-state index contributed by atoms with van der Waals surface area (Å²) in [6.45, 7) is 4.18. The van der Waals surface area contributed by atoms with E-state index in [9.17, 15) is 4.79 Å². The number of rotatable bonds is 2. The highest BCUT2D eigenvalue weighted by Gasteiger charge is 2.12. The zero-order chi connectivity index (χ0) is 16.6. The van der Waals surface area contributed by atoms with Gasteiger partial charge in [0.1, 0.15) is 5.75 Å². The van der Waals surface area contributed by atoms with Crippen molar-refractivity contribution in [1.29, 1.82) is 0 Å². The Bertz CT molecular complexity index is 967. The van der Waals surface area contributed by atoms with Crippen LogP contribution in [0, 0.1) is 13.8 Å². The number of aromatic nitrogens is 1. The third kappa shape index (κ3) is 2.68. The summed E-state index contributed by atoms with van der Waals surface area (Å²) in [4.78, 5) is 17.5. The molecule has 0 fully saturated rings. The average Bonchev–Trinajstić information content (AvgIpc) is 2.87. The molecule has 23 heavy (non-hydrogen) atoms. The van der Waals surface area contributed by atoms with E-state index in [2.05, 4.69) is 31.0 Å². The second kappa shape index (κ2) is 6.01. The van der Waals surface area contributed by atoms with Gasteiger partial charge in [-0.2, -0.15) is 4.99 Å². The van der Waals surface area contributed by atoms with Crippen LogP contribution in [0.4, 0.5) is 0 Å². The van der Waals surface area contributed by atoms with E-state index in [1.54, 1.807) is 19.2 Å². The number of hydrogen-bond acceptors (Lipinski definition) is 3. The quantitative estimate of drug-likeness (QED) is 0.722. The molecule has 0 atom stereocenters. The van der Waals surface area contributed by atoms with Gasteiger partial charge in [-0.25, -0.2) is 0 Å². The number of thiazole rings is 1. The lowest BCUT2D eigenvalue weighted by atomic mass is 10.1. The molecule has 0 aliphatic carbocycles. The highest BCUT2D eigenvalue weighted by Crippen LogP contribution is 2.23. The molecule has 0 aliphatic heterocycles. The number of carbonyl (C=O) groups excluding carboxylic acids is 1. The van der Waals surface area contributed by atoms with Crippen molar-refractivity contribution < 1.29 is 9.53 Å². The van der Waals surface area contributed by atoms with Crippen LogP contribution >= 0.6 is 11.3 Å². The van der Waals surface area contributed by atoms with Crippen LogP contribution in [0.15, 0.2) is 41.4 Å². The lowest BCUT2D eigenvalue weighted by Crippen LogP contribution is -2.14. The van der Waals surface area contributed by atoms with Gasteiger partial charge in [-0.1, -0.05) is 29.5 Å². The molecule has 3 aromatic rings. The lowest BCUT2D eigenvalue weighted by Gasteiger charge is -2.04. The number of nitrogens with zero attached hydrogens (tertiary/aromatic N) is 2. The number of amides is 1. The average molecular weight is 326 g/mol. The van der Waals surface area contributed by atoms with Crippen LogP contribution in [0.1, 0.15) is 21.5 Å². The maximum absolute atomic E-state index is 12.5. The Hall–Kier alpha value is -2.40. The van der Waals surface area contributed by atoms with Crippen molar-refractivity contribution in [2.24, 2.45) is 12.0 Å². The Kier molecular flexibility index (Phi) is 4.05. The van der Waals surface area contributed by atoms with Crippen molar-refractivity contribution in [3.63, 3.8) is 0 Å². The molecule has 0 aliphatic rings. The highest BCUT2D eigenvalue weighted by atomic mass is 32.1. The molecule has 0 N–H and O–H groups in total. The number of carbonyl (C=O) groups is 1. The first-order chi connectivity index (χ1) is 11.0. The van der Waals surface area contributed by atoms with Crippen LogP contribution in [0.5, 0.6) is 5.75 Å². The molecule has 0 unspecified atom stereocenters. The van der Waals surface area contributed by atoms with Gasteiger partial charge in [0.2, 0.25) is 0 Å². The fraction of sp³-hybridized carbons (Fsp3) is 0.222. The zero-order valence-corrected chi connectivity index (χ0v) is 14.4. The molecule has 0 spiro atoms. The van der Waals surface area contributed by atoms with E-state index < -0.39 is 0 Å². The van der Waals surface area contributed by atoms with Crippen molar-refractivity contribution in [2.45, 2.75) is 13.8 Å². The van der Waals surface area contributed by atoms with Crippen LogP contribution < -0.4 is 9.54 Å². The van der Waals surface area contributed by atoms with Crippen molar-refractivity contribution in [3.05, 3.63) is 57.9 Å². The maximum Gasteiger partial charge on any atom is 0.283 e. The van der Waals surface area contributed by atoms with E-state index in [1.165, 1.54) is 22.5 Å². The Labute approximate surface area is 138 Å². The molecule has 4 nitrogen and oxygen atoms in total. The minimum Gasteiger partial charge on any atom is -0.496 e. The van der Waals surface area contributed by atoms with E-state index >= 15 is 0 Å². The Morgan fingerprint density at radius 2 is 1.91 bits per heavy atom. The summed E-state index contributed by atoms with van der Waals surface area (Å²) >= 11 is 1.52. The third-order valence-electron chi connectivity index (χ3n) is 4.02. The molecule has 0 saturated carbocycles. The predicted octanol–water partition coefficient (Wildman–Crippen LogP) is 3.61. The van der Waals surface area contributed by atoms with Crippen molar-refractivity contribution in [2.75, 3.05) is 7.11 Å². The summed E-state index contributed by atoms with van der Waals surface area (Å²) in [5.41, 5.74) is 4.04. The van der Waals surface area contributed by atoms with Gasteiger partial charge in [-0.05, 0) is 43.2 Å². The van der Waals surface area contributed by atoms with E-state index in [1.807, 2.05) is 23.7 Å². The topological polar surface area (TPSA) is 43.6 Å². The molecule has 118 valence electrons. The lowest BCUT2D eigenvalue weighted by molar-refractivity contribution is 0.0995. The Balaban J connectivity index is 2.17. The van der Waals surface area contributed by atoms with Gasteiger partial charge in [0, 0.05) is 7.05 Å². The van der Waals surface area contributed by atoms with E-state index in [0.717, 1.165) is 10.2 Å². The SMILES string of the molecule is COc1ccccc1C(=O)N=c1sc2ccc(C)c(C)c2n1C. The highest BCUT2D eigenvalue weighted by molar-refractivity contribution is 7.16. The van der Waals surface area contributed by atoms with Crippen LogP contribution in [0.3, 0.4) is 0 Å². The third-order valence-corrected chi connectivity index (χ3v) is 5.12. The number of hydrogen-bond donors (Lipinski definition) is 0. The van der Waals surface area contributed by atoms with Crippen LogP contribution in [-0.4, -0.2) is 17.6 Å². The second-order valence-corrected chi connectivity index (χ2v) is 6.42. The molecular formula is C18H18N2O2S. The number of methoxy groups -OCH3 is 1. The van der Waals surface area contributed by atoms with Crippen LogP contribution in [-0.2, 0) is 7.05 Å². The molecule has 1 heterocycles. The summed E-state index contributed by atoms with van der Waals surface area (Å²) in [6, 6.07) is 11.3. The monoisotopic (exact) mass is 326 g/mol. The normalized spacial score (nSPS) is 11.9. The minimum atomic E-state index is -0.293. The summed E-state index contributed by atoms with van der Waals surface area (Å²) in [5, 5.41) is 0. The molecule has 0 saturated heterocycles. The summed E-state index contributed by atoms with van der Waals surface area (Å²) in [7, 11) is 3.50. The summed E-state index contributed by atoms with van der Waals surface area (Å²) in [6.07, 6.45) is 0. The predicted molar refractivity (Wildman–Crippen MR) is 93.2 cm³/mol. The number of para-hydroxylation sites is 1. The van der Waals surface area contributed by atoms with Crippen molar-refractivity contribution in [1.82, 2.24) is 4.57 Å². The Morgan fingerprint density at radius 3 is 2.65 bits per heavy atom. The standard InChI is InChI=1S/C18H18N2O2S/c1-11-9-10-15-16(12(11)2)20(3)18(23-15)19-17(21)13-7-5-6-8-14(13)22-4/h5-10H,1-4H3. The molecule has 1 amide bonds. The Morgan fingerprint density at radius 1 is 1.17 bits per heavy atom. The smallest absolute Gasteiger partial charge is 0.283 e. The second-order valence-electron chi connectivity index (χ2n) is 5.42. The molecular weight excluding hydrogens is 308 g/mol. The number of benzene rings is 2. The van der Waals surface area contributed by atoms with Crippen LogP contribution in [0.25, 0.3) is 10.2 Å². The molecule has 3 rings (SSSR count). The van der Waals surface area contributed by atoms with Gasteiger partial charge in [0.25, 0.3) is 5.91 Å². The van der Waals surface area contributed by atoms with Gasteiger partial charge >= 0.3 is 0 Å². The zero-order valence-electron chi connectivity index (χ0n) is 13.6. The first-order valence-corrected chi connectivity index (χ1v) is 8.12. The fourth-order valence-corrected chi connectivity index (χ4v) is 3.68. The van der Waals surface area contributed by atoms with Gasteiger partial charge in [-0.3, -0.25) is 4.79 Å². The van der Waals surface area contributed by atoms with E-state index in [0.29, 0.717) is 16.1 Å². The van der Waals surface area contributed by atoms with Gasteiger partial charge < -0.3 is 9.30 Å². The molecule has 0 bridgehead atoms. The molecule has 5 heteroatoms. The van der Waals surface area contributed by atoms with Crippen molar-refractivity contribution in [3.8, 4) is 5.75 Å². The first-order valence-electron chi connectivity index (χ1n) is 7.30. The largest absolute Gasteiger partial charge is 0.496 e. The minimum absolute atomic E-state index is 0.293. The summed E-state index contributed by atoms with van der Waals surface area (Å²) in [5.74, 6) is 0.246. The number of aryl methyl sites for hydroxylation is 3. The maximum atomic E-state index is 12.5. The van der Waals surface area contributed by atoms with Gasteiger partial charge in [0.05, 0.1) is 22.9 Å². The first kappa shape index (κ1) is 15.5.